The van der Waals surface area contributed by atoms with Crippen LogP contribution in [-0.4, -0.2) is 0 Å². The fraction of sp³-hybridized carbons (Fsp3) is 0.0625. The molecule has 20 rings (SSSR count). The average Bonchev–Trinajstić information content (AvgIpc) is 1.70. The Kier molecular flexibility index (Phi) is 20.0. The number of rotatable bonds is 0. The molecule has 5 aliphatic rings. The van der Waals surface area contributed by atoms with E-state index in [1.807, 2.05) is 30.3 Å². The standard InChI is InChI=1S/5C16H11N.5W/c2*1-3-7-14-12(5-1)9-10-17-11-13-6-2-4-8-15(13)16(14)17;3*1-2-6-13-10-17-11-14-7-3-4-8-15(14)16(17)9-12(13)5-1;;;;;/h2-10H,11H2;2*1-2,4-10H,11H2;1-3,5-10H,11H2;1-7,9-10H,11H2;;;;;. The zero-order valence-electron chi connectivity index (χ0n) is 48.8. The Labute approximate surface area is 596 Å². The summed E-state index contributed by atoms with van der Waals surface area (Å²) in [6.45, 7) is 4.88. The van der Waals surface area contributed by atoms with Gasteiger partial charge in [-0.1, -0.05) is 135 Å². The van der Waals surface area contributed by atoms with Crippen molar-refractivity contribution in [2.75, 3.05) is 0 Å². The molecule has 0 saturated carbocycles. The Balaban J connectivity index is 0.000000114. The third-order valence-electron chi connectivity index (χ3n) is 17.3. The topological polar surface area (TPSA) is 19.4 Å². The van der Waals surface area contributed by atoms with Crippen LogP contribution in [0.15, 0.2) is 274 Å². The molecule has 0 fully saturated rings. The van der Waals surface area contributed by atoms with Crippen molar-refractivity contribution < 1.29 is 128 Å². The first-order valence-corrected chi connectivity index (χ1v) is 29.2. The molecule has 0 aliphatic carbocycles. The van der Waals surface area contributed by atoms with Crippen LogP contribution in [0.1, 0.15) is 27.8 Å². The van der Waals surface area contributed by atoms with E-state index < -0.39 is 0 Å². The zero-order valence-corrected chi connectivity index (χ0v) is 63.5. The molecule has 0 bridgehead atoms. The molecule has 0 radical (unpaired) electrons. The third kappa shape index (κ3) is 12.2. The predicted molar refractivity (Wildman–Crippen MR) is 338 cm³/mol. The van der Waals surface area contributed by atoms with Gasteiger partial charge < -0.3 is 0 Å². The van der Waals surface area contributed by atoms with Gasteiger partial charge in [0.05, 0.1) is 5.56 Å². The monoisotopic (exact) mass is 2010 g/mol. The molecule has 10 aromatic carbocycles. The van der Waals surface area contributed by atoms with E-state index in [2.05, 4.69) is 296 Å². The van der Waals surface area contributed by atoms with Gasteiger partial charge in [0.2, 0.25) is 0 Å². The molecular formula is C80H55N5W5. The molecule has 0 atom stereocenters. The number of pyridine rings is 5. The van der Waals surface area contributed by atoms with Crippen molar-refractivity contribution in [3.8, 4) is 56.3 Å². The Morgan fingerprint density at radius 1 is 0.267 bits per heavy atom. The molecule has 10 heterocycles. The normalized spacial score (nSPS) is 11.8. The van der Waals surface area contributed by atoms with E-state index in [4.69, 9.17) is 0 Å². The zero-order chi connectivity index (χ0) is 56.2. The first kappa shape index (κ1) is 64.2. The van der Waals surface area contributed by atoms with Crippen LogP contribution in [0, 0.1) is 30.3 Å². The van der Waals surface area contributed by atoms with E-state index >= 15 is 0 Å². The summed E-state index contributed by atoms with van der Waals surface area (Å²) in [5.41, 5.74) is 20.1. The summed E-state index contributed by atoms with van der Waals surface area (Å²) >= 11 is 0. The van der Waals surface area contributed by atoms with E-state index in [9.17, 15) is 0 Å². The summed E-state index contributed by atoms with van der Waals surface area (Å²) in [6, 6.07) is 101. The van der Waals surface area contributed by atoms with Crippen molar-refractivity contribution >= 4 is 53.9 Å². The second-order valence-electron chi connectivity index (χ2n) is 22.4. The number of aromatic nitrogens is 5. The van der Waals surface area contributed by atoms with Gasteiger partial charge >= 0.3 is 0 Å². The maximum atomic E-state index is 3.35. The molecule has 0 spiro atoms. The largest absolute Gasteiger partial charge is 0.242 e. The molecule has 5 aliphatic heterocycles. The van der Waals surface area contributed by atoms with E-state index in [-0.39, 0.29) is 105 Å². The van der Waals surface area contributed by atoms with Crippen LogP contribution in [-0.2, 0) is 138 Å². The minimum Gasteiger partial charge on any atom is -0.242 e. The first-order chi connectivity index (χ1) is 42.1. The number of fused-ring (bicyclic) bond motifs is 22. The fourth-order valence-corrected chi connectivity index (χ4v) is 13.2. The van der Waals surface area contributed by atoms with E-state index in [0.29, 0.717) is 0 Å². The SMILES string of the molecule is [W].[W].[W].[W].[W].[c-]1ccc2c(c1)-c1cc3ccccc3c[n+]1C2.[c-]1ccc2c(c1)C[n+]1cc3ccccc3cc1-2.[c-]1ccc2c3[n+](ccc2c1)Cc1ccccc1-3.[c-]1ccc2cc[n+]3c(c2c1)-c1ccccc1C3.[c-]1cccc2c1-c1cc3ccccc3c[n+]1C2. The van der Waals surface area contributed by atoms with Crippen LogP contribution in [0.4, 0.5) is 0 Å². The summed E-state index contributed by atoms with van der Waals surface area (Å²) in [4.78, 5) is 0. The molecule has 5 aromatic heterocycles. The summed E-state index contributed by atoms with van der Waals surface area (Å²) in [5.74, 6) is 0. The van der Waals surface area contributed by atoms with Crippen LogP contribution >= 0.6 is 0 Å². The molecule has 5 nitrogen and oxygen atoms in total. The van der Waals surface area contributed by atoms with E-state index in [1.54, 1.807) is 0 Å². The molecule has 0 saturated heterocycles. The van der Waals surface area contributed by atoms with Gasteiger partial charge in [-0.15, -0.1) is 35.0 Å². The van der Waals surface area contributed by atoms with Gasteiger partial charge in [-0.2, -0.15) is 102 Å². The van der Waals surface area contributed by atoms with Crippen LogP contribution in [0.5, 0.6) is 0 Å². The smallest absolute Gasteiger partial charge is 0.196 e. The van der Waals surface area contributed by atoms with Crippen molar-refractivity contribution in [1.82, 2.24) is 0 Å². The predicted octanol–water partition coefficient (Wildman–Crippen LogP) is 14.8. The second-order valence-corrected chi connectivity index (χ2v) is 22.4. The van der Waals surface area contributed by atoms with Gasteiger partial charge in [-0.25, -0.2) is 18.3 Å². The molecule has 0 amide bonds. The molecule has 15 aromatic rings. The molecular weight excluding hydrogens is 1950 g/mol. The Morgan fingerprint density at radius 3 is 1.37 bits per heavy atom. The van der Waals surface area contributed by atoms with Crippen molar-refractivity contribution in [3.63, 3.8) is 0 Å². The minimum absolute atomic E-state index is 0. The molecule has 430 valence electrons. The molecule has 0 unspecified atom stereocenters. The molecule has 0 N–H and O–H groups in total. The molecule has 10 heteroatoms. The van der Waals surface area contributed by atoms with Crippen LogP contribution < -0.4 is 22.8 Å². The van der Waals surface area contributed by atoms with Crippen molar-refractivity contribution in [3.05, 3.63) is 332 Å². The Morgan fingerprint density at radius 2 is 0.711 bits per heavy atom. The number of hydrogen-bond donors (Lipinski definition) is 0. The fourth-order valence-electron chi connectivity index (χ4n) is 13.2. The van der Waals surface area contributed by atoms with Gasteiger partial charge in [-0.3, -0.25) is 0 Å². The maximum absolute atomic E-state index is 3.35. The van der Waals surface area contributed by atoms with Crippen LogP contribution in [0.25, 0.3) is 110 Å². The summed E-state index contributed by atoms with van der Waals surface area (Å²) in [5, 5.41) is 12.9. The van der Waals surface area contributed by atoms with Gasteiger partial charge in [0, 0.05) is 150 Å². The summed E-state index contributed by atoms with van der Waals surface area (Å²) in [6.07, 6.45) is 11.1. The van der Waals surface area contributed by atoms with Crippen molar-refractivity contribution in [1.29, 1.82) is 0 Å². The average molecular weight is 2010 g/mol. The number of nitrogens with zero attached hydrogens (tertiary/aromatic N) is 5. The first-order valence-electron chi connectivity index (χ1n) is 29.2. The third-order valence-corrected chi connectivity index (χ3v) is 17.3. The van der Waals surface area contributed by atoms with E-state index in [1.165, 1.54) is 138 Å². The van der Waals surface area contributed by atoms with Gasteiger partial charge in [0.25, 0.3) is 0 Å². The molecule has 90 heavy (non-hydrogen) atoms. The van der Waals surface area contributed by atoms with Gasteiger partial charge in [0.15, 0.2) is 73.4 Å². The van der Waals surface area contributed by atoms with Crippen LogP contribution in [0.2, 0.25) is 0 Å². The number of hydrogen-bond acceptors (Lipinski definition) is 0. The number of benzene rings is 10. The minimum atomic E-state index is 0. The van der Waals surface area contributed by atoms with Crippen molar-refractivity contribution in [2.24, 2.45) is 0 Å². The summed E-state index contributed by atoms with van der Waals surface area (Å²) < 4.78 is 11.6. The quantitative estimate of drug-likeness (QED) is 0.106. The van der Waals surface area contributed by atoms with Gasteiger partial charge in [-0.05, 0) is 64.7 Å². The van der Waals surface area contributed by atoms with Crippen molar-refractivity contribution in [2.45, 2.75) is 32.7 Å². The summed E-state index contributed by atoms with van der Waals surface area (Å²) in [7, 11) is 0. The second kappa shape index (κ2) is 28.1. The maximum Gasteiger partial charge on any atom is 0.196 e. The van der Waals surface area contributed by atoms with Gasteiger partial charge in [0.1, 0.15) is 18.8 Å². The Bertz CT molecular complexity index is 4720. The van der Waals surface area contributed by atoms with Crippen LogP contribution in [0.3, 0.4) is 0 Å². The Hall–Kier alpha value is -7.31. The van der Waals surface area contributed by atoms with E-state index in [0.717, 1.165) is 32.7 Å².